The third-order valence-corrected chi connectivity index (χ3v) is 2.97. The molecule has 0 bridgehead atoms. The molecule has 3 heteroatoms. The number of ether oxygens (including phenoxy) is 1. The Morgan fingerprint density at radius 1 is 1.33 bits per heavy atom. The second kappa shape index (κ2) is 5.71. The lowest BCUT2D eigenvalue weighted by Crippen LogP contribution is -2.34. The van der Waals surface area contributed by atoms with E-state index in [2.05, 4.69) is 12.1 Å². The van der Waals surface area contributed by atoms with Gasteiger partial charge in [0.2, 0.25) is 0 Å². The monoisotopic (exact) mass is 245 g/mol. The van der Waals surface area contributed by atoms with E-state index in [1.54, 1.807) is 4.90 Å². The lowest BCUT2D eigenvalue weighted by molar-refractivity contribution is 0.0865. The number of hydrogen-bond donors (Lipinski definition) is 0. The Hall–Kier alpha value is -1.77. The summed E-state index contributed by atoms with van der Waals surface area (Å²) in [4.78, 5) is 13.5. The van der Waals surface area contributed by atoms with Crippen LogP contribution < -0.4 is 0 Å². The fourth-order valence-electron chi connectivity index (χ4n) is 2.10. The Morgan fingerprint density at radius 3 is 2.72 bits per heavy atom. The van der Waals surface area contributed by atoms with Crippen LogP contribution in [0.5, 0.6) is 0 Å². The molecule has 1 aromatic rings. The first kappa shape index (κ1) is 12.7. The minimum absolute atomic E-state index is 0.0806. The molecule has 0 radical (unpaired) electrons. The predicted molar refractivity (Wildman–Crippen MR) is 71.3 cm³/mol. The highest BCUT2D eigenvalue weighted by Gasteiger charge is 2.22. The van der Waals surface area contributed by atoms with Crippen molar-refractivity contribution in [3.05, 3.63) is 48.2 Å². The van der Waals surface area contributed by atoms with Crippen LogP contribution in [0.15, 0.2) is 42.6 Å². The second-order valence-electron chi connectivity index (χ2n) is 4.81. The van der Waals surface area contributed by atoms with E-state index in [-0.39, 0.29) is 12.2 Å². The molecule has 1 aliphatic heterocycles. The van der Waals surface area contributed by atoms with Gasteiger partial charge in [-0.2, -0.15) is 0 Å². The van der Waals surface area contributed by atoms with Gasteiger partial charge in [-0.1, -0.05) is 36.4 Å². The summed E-state index contributed by atoms with van der Waals surface area (Å²) >= 11 is 0. The molecule has 0 unspecified atom stereocenters. The molecule has 0 N–H and O–H groups in total. The van der Waals surface area contributed by atoms with Gasteiger partial charge >= 0.3 is 6.09 Å². The van der Waals surface area contributed by atoms with Crippen molar-refractivity contribution in [2.75, 3.05) is 6.54 Å². The molecule has 1 amide bonds. The summed E-state index contributed by atoms with van der Waals surface area (Å²) in [6.07, 6.45) is 4.48. The SMILES string of the molecule is CC(C)OC(=O)N1C=CC[C@@H](c2ccccc2)C1. The number of benzene rings is 1. The average molecular weight is 245 g/mol. The van der Waals surface area contributed by atoms with E-state index >= 15 is 0 Å². The normalized spacial score (nSPS) is 19.1. The van der Waals surface area contributed by atoms with Crippen LogP contribution in [0.1, 0.15) is 31.7 Å². The predicted octanol–water partition coefficient (Wildman–Crippen LogP) is 3.53. The second-order valence-corrected chi connectivity index (χ2v) is 4.81. The molecule has 3 nitrogen and oxygen atoms in total. The van der Waals surface area contributed by atoms with Crippen molar-refractivity contribution in [3.63, 3.8) is 0 Å². The van der Waals surface area contributed by atoms with Gasteiger partial charge in [0.1, 0.15) is 0 Å². The van der Waals surface area contributed by atoms with Gasteiger partial charge in [-0.05, 0) is 25.8 Å². The highest BCUT2D eigenvalue weighted by Crippen LogP contribution is 2.25. The Morgan fingerprint density at radius 2 is 2.06 bits per heavy atom. The van der Waals surface area contributed by atoms with Gasteiger partial charge < -0.3 is 4.74 Å². The van der Waals surface area contributed by atoms with E-state index in [0.717, 1.165) is 6.42 Å². The summed E-state index contributed by atoms with van der Waals surface area (Å²) < 4.78 is 5.21. The molecule has 1 atom stereocenters. The van der Waals surface area contributed by atoms with Crippen molar-refractivity contribution in [2.24, 2.45) is 0 Å². The van der Waals surface area contributed by atoms with Crippen LogP contribution in [0.4, 0.5) is 4.79 Å². The summed E-state index contributed by atoms with van der Waals surface area (Å²) in [5, 5.41) is 0. The summed E-state index contributed by atoms with van der Waals surface area (Å²) in [7, 11) is 0. The zero-order valence-electron chi connectivity index (χ0n) is 10.9. The average Bonchev–Trinajstić information content (AvgIpc) is 2.39. The summed E-state index contributed by atoms with van der Waals surface area (Å²) in [6, 6.07) is 10.3. The number of nitrogens with zero attached hydrogens (tertiary/aromatic N) is 1. The van der Waals surface area contributed by atoms with Crippen molar-refractivity contribution in [1.29, 1.82) is 0 Å². The van der Waals surface area contributed by atoms with Crippen molar-refractivity contribution in [1.82, 2.24) is 4.90 Å². The topological polar surface area (TPSA) is 29.5 Å². The first-order valence-corrected chi connectivity index (χ1v) is 6.35. The van der Waals surface area contributed by atoms with E-state index in [0.29, 0.717) is 12.5 Å². The van der Waals surface area contributed by atoms with E-state index in [4.69, 9.17) is 4.74 Å². The van der Waals surface area contributed by atoms with Crippen molar-refractivity contribution in [3.8, 4) is 0 Å². The van der Waals surface area contributed by atoms with Crippen molar-refractivity contribution < 1.29 is 9.53 Å². The first-order chi connectivity index (χ1) is 8.66. The molecule has 18 heavy (non-hydrogen) atoms. The zero-order chi connectivity index (χ0) is 13.0. The van der Waals surface area contributed by atoms with Gasteiger partial charge in [-0.25, -0.2) is 4.79 Å². The fraction of sp³-hybridized carbons (Fsp3) is 0.400. The maximum Gasteiger partial charge on any atom is 0.414 e. The van der Waals surface area contributed by atoms with E-state index in [1.165, 1.54) is 5.56 Å². The van der Waals surface area contributed by atoms with Crippen molar-refractivity contribution in [2.45, 2.75) is 32.3 Å². The molecule has 2 rings (SSSR count). The number of carbonyl (C=O) groups is 1. The molecule has 0 saturated heterocycles. The van der Waals surface area contributed by atoms with E-state index in [9.17, 15) is 4.79 Å². The van der Waals surface area contributed by atoms with Gasteiger partial charge in [0.15, 0.2) is 0 Å². The number of rotatable bonds is 2. The quantitative estimate of drug-likeness (QED) is 0.797. The molecule has 1 heterocycles. The smallest absolute Gasteiger partial charge is 0.414 e. The number of amides is 1. The minimum atomic E-state index is -0.262. The molecule has 0 saturated carbocycles. The lowest BCUT2D eigenvalue weighted by atomic mass is 9.93. The fourth-order valence-corrected chi connectivity index (χ4v) is 2.10. The van der Waals surface area contributed by atoms with Crippen LogP contribution in [0, 0.1) is 0 Å². The Kier molecular flexibility index (Phi) is 4.03. The molecule has 0 spiro atoms. The number of carbonyl (C=O) groups excluding carboxylic acids is 1. The van der Waals surface area contributed by atoms with Crippen LogP contribution in [0.25, 0.3) is 0 Å². The Labute approximate surface area is 108 Å². The molecular formula is C15H19NO2. The standard InChI is InChI=1S/C15H19NO2/c1-12(2)18-15(17)16-10-6-9-14(11-16)13-7-4-3-5-8-13/h3-8,10,12,14H,9,11H2,1-2H3/t14-/m1/s1. The van der Waals surface area contributed by atoms with Crippen LogP contribution in [-0.4, -0.2) is 23.6 Å². The van der Waals surface area contributed by atoms with Gasteiger partial charge in [-0.3, -0.25) is 4.90 Å². The molecule has 96 valence electrons. The van der Waals surface area contributed by atoms with Crippen LogP contribution in [0.2, 0.25) is 0 Å². The highest BCUT2D eigenvalue weighted by molar-refractivity contribution is 5.69. The van der Waals surface area contributed by atoms with E-state index in [1.807, 2.05) is 44.3 Å². The molecule has 1 aromatic carbocycles. The van der Waals surface area contributed by atoms with Crippen molar-refractivity contribution >= 4 is 6.09 Å². The third kappa shape index (κ3) is 3.13. The van der Waals surface area contributed by atoms with E-state index < -0.39 is 0 Å². The summed E-state index contributed by atoms with van der Waals surface area (Å²) in [6.45, 7) is 4.41. The highest BCUT2D eigenvalue weighted by atomic mass is 16.6. The van der Waals surface area contributed by atoms with Crippen LogP contribution in [-0.2, 0) is 4.74 Å². The maximum absolute atomic E-state index is 11.8. The largest absolute Gasteiger partial charge is 0.446 e. The maximum atomic E-state index is 11.8. The lowest BCUT2D eigenvalue weighted by Gasteiger charge is -2.28. The zero-order valence-corrected chi connectivity index (χ0v) is 10.9. The Balaban J connectivity index is 2.03. The number of allylic oxidation sites excluding steroid dienone is 1. The minimum Gasteiger partial charge on any atom is -0.446 e. The third-order valence-electron chi connectivity index (χ3n) is 2.97. The summed E-state index contributed by atoms with van der Waals surface area (Å²) in [5.41, 5.74) is 1.27. The van der Waals surface area contributed by atoms with Gasteiger partial charge in [0.05, 0.1) is 6.10 Å². The first-order valence-electron chi connectivity index (χ1n) is 6.35. The van der Waals surface area contributed by atoms with Crippen LogP contribution in [0.3, 0.4) is 0 Å². The summed E-state index contributed by atoms with van der Waals surface area (Å²) in [5.74, 6) is 0.357. The number of hydrogen-bond acceptors (Lipinski definition) is 2. The molecule has 0 aliphatic carbocycles. The molecular weight excluding hydrogens is 226 g/mol. The Bertz CT molecular complexity index is 425. The molecule has 1 aliphatic rings. The molecule has 0 fully saturated rings. The van der Waals surface area contributed by atoms with Crippen LogP contribution >= 0.6 is 0 Å². The van der Waals surface area contributed by atoms with Gasteiger partial charge in [0, 0.05) is 18.7 Å². The molecule has 0 aromatic heterocycles. The van der Waals surface area contributed by atoms with Gasteiger partial charge in [0.25, 0.3) is 0 Å². The van der Waals surface area contributed by atoms with Gasteiger partial charge in [-0.15, -0.1) is 0 Å².